The summed E-state index contributed by atoms with van der Waals surface area (Å²) in [6.45, 7) is 0. The first-order valence-corrected chi connectivity index (χ1v) is 8.38. The molecule has 0 spiro atoms. The van der Waals surface area contributed by atoms with Crippen LogP contribution in [0.3, 0.4) is 0 Å². The molecule has 0 heterocycles. The first kappa shape index (κ1) is 17.1. The number of halogens is 1. The van der Waals surface area contributed by atoms with Crippen LogP contribution in [-0.2, 0) is 0 Å². The van der Waals surface area contributed by atoms with E-state index in [2.05, 4.69) is 20.9 Å². The highest BCUT2D eigenvalue weighted by atomic mass is 35.5. The second-order valence-electron chi connectivity index (χ2n) is 5.17. The van der Waals surface area contributed by atoms with Crippen molar-refractivity contribution in [2.24, 2.45) is 10.2 Å². The van der Waals surface area contributed by atoms with Crippen LogP contribution in [0.1, 0.15) is 0 Å². The average molecular weight is 367 g/mol. The van der Waals surface area contributed by atoms with Crippen molar-refractivity contribution in [1.82, 2.24) is 0 Å². The highest BCUT2D eigenvalue weighted by molar-refractivity contribution is 7.80. The largest absolute Gasteiger partial charge is 0.332 e. The van der Waals surface area contributed by atoms with Gasteiger partial charge in [0.25, 0.3) is 0 Å². The molecule has 0 saturated carbocycles. The summed E-state index contributed by atoms with van der Waals surface area (Å²) in [6.07, 6.45) is 0. The minimum atomic E-state index is 0.501. The van der Waals surface area contributed by atoms with E-state index in [0.717, 1.165) is 22.7 Å². The molecule has 0 unspecified atom stereocenters. The lowest BCUT2D eigenvalue weighted by Gasteiger charge is -2.10. The number of hydrogen-bond acceptors (Lipinski definition) is 3. The maximum absolute atomic E-state index is 5.86. The van der Waals surface area contributed by atoms with Gasteiger partial charge in [-0.2, -0.15) is 10.2 Å². The van der Waals surface area contributed by atoms with Crippen LogP contribution in [0.2, 0.25) is 5.02 Å². The van der Waals surface area contributed by atoms with Crippen LogP contribution in [0, 0.1) is 0 Å². The van der Waals surface area contributed by atoms with Crippen LogP contribution in [0.25, 0.3) is 0 Å². The highest BCUT2D eigenvalue weighted by Gasteiger charge is 2.00. The van der Waals surface area contributed by atoms with Crippen molar-refractivity contribution in [2.75, 3.05) is 10.6 Å². The van der Waals surface area contributed by atoms with Gasteiger partial charge in [0.1, 0.15) is 0 Å². The predicted octanol–water partition coefficient (Wildman–Crippen LogP) is 6.56. The molecule has 3 aromatic carbocycles. The highest BCUT2D eigenvalue weighted by Crippen LogP contribution is 2.20. The van der Waals surface area contributed by atoms with Crippen molar-refractivity contribution in [3.8, 4) is 0 Å². The molecule has 0 aliphatic rings. The minimum Gasteiger partial charge on any atom is -0.332 e. The zero-order chi connectivity index (χ0) is 17.5. The van der Waals surface area contributed by atoms with Crippen LogP contribution in [-0.4, -0.2) is 5.11 Å². The molecular formula is C19H15ClN4S. The van der Waals surface area contributed by atoms with Crippen molar-refractivity contribution in [3.05, 3.63) is 83.9 Å². The van der Waals surface area contributed by atoms with Crippen LogP contribution in [0.4, 0.5) is 22.7 Å². The lowest BCUT2D eigenvalue weighted by atomic mass is 10.3. The Morgan fingerprint density at radius 3 is 1.72 bits per heavy atom. The summed E-state index contributed by atoms with van der Waals surface area (Å²) >= 11 is 11.2. The zero-order valence-electron chi connectivity index (χ0n) is 13.2. The number of nitrogens with one attached hydrogen (secondary N) is 2. The molecule has 2 N–H and O–H groups in total. The van der Waals surface area contributed by atoms with Gasteiger partial charge in [0.15, 0.2) is 5.11 Å². The smallest absolute Gasteiger partial charge is 0.175 e. The molecule has 0 fully saturated rings. The van der Waals surface area contributed by atoms with Crippen LogP contribution < -0.4 is 10.6 Å². The zero-order valence-corrected chi connectivity index (χ0v) is 14.8. The first-order chi connectivity index (χ1) is 12.2. The van der Waals surface area contributed by atoms with Crippen LogP contribution >= 0.6 is 23.8 Å². The van der Waals surface area contributed by atoms with Gasteiger partial charge in [0.05, 0.1) is 11.4 Å². The van der Waals surface area contributed by atoms with Crippen molar-refractivity contribution in [2.45, 2.75) is 0 Å². The summed E-state index contributed by atoms with van der Waals surface area (Å²) in [5, 5.41) is 15.8. The number of hydrogen-bond donors (Lipinski definition) is 2. The SMILES string of the molecule is S=C(Nc1ccc(Cl)cc1)Nc1ccc(N=Nc2ccccc2)cc1. The van der Waals surface area contributed by atoms with Crippen LogP contribution in [0.5, 0.6) is 0 Å². The van der Waals surface area contributed by atoms with E-state index in [1.807, 2.05) is 66.7 Å². The monoisotopic (exact) mass is 366 g/mol. The molecule has 6 heteroatoms. The minimum absolute atomic E-state index is 0.501. The van der Waals surface area contributed by atoms with Gasteiger partial charge in [-0.1, -0.05) is 29.8 Å². The van der Waals surface area contributed by atoms with E-state index in [9.17, 15) is 0 Å². The van der Waals surface area contributed by atoms with E-state index in [0.29, 0.717) is 10.1 Å². The van der Waals surface area contributed by atoms with Gasteiger partial charge in [-0.25, -0.2) is 0 Å². The van der Waals surface area contributed by atoms with Gasteiger partial charge in [-0.3, -0.25) is 0 Å². The van der Waals surface area contributed by atoms with Crippen LogP contribution in [0.15, 0.2) is 89.1 Å². The number of thiocarbonyl (C=S) groups is 1. The van der Waals surface area contributed by atoms with Gasteiger partial charge in [0, 0.05) is 16.4 Å². The molecule has 0 radical (unpaired) electrons. The molecule has 0 saturated heterocycles. The Kier molecular flexibility index (Phi) is 5.72. The van der Waals surface area contributed by atoms with Crippen molar-refractivity contribution in [1.29, 1.82) is 0 Å². The van der Waals surface area contributed by atoms with Gasteiger partial charge in [-0.15, -0.1) is 0 Å². The van der Waals surface area contributed by atoms with Gasteiger partial charge >= 0.3 is 0 Å². The summed E-state index contributed by atoms with van der Waals surface area (Å²) in [4.78, 5) is 0. The second-order valence-corrected chi connectivity index (χ2v) is 6.01. The number of azo groups is 1. The molecule has 4 nitrogen and oxygen atoms in total. The maximum Gasteiger partial charge on any atom is 0.175 e. The number of rotatable bonds is 4. The van der Waals surface area contributed by atoms with Crippen molar-refractivity contribution >= 4 is 51.7 Å². The molecule has 0 atom stereocenters. The molecule has 3 aromatic rings. The Hall–Kier alpha value is -2.76. The Labute approximate surface area is 156 Å². The maximum atomic E-state index is 5.86. The number of nitrogens with zero attached hydrogens (tertiary/aromatic N) is 2. The lowest BCUT2D eigenvalue weighted by Crippen LogP contribution is -2.18. The van der Waals surface area contributed by atoms with Crippen molar-refractivity contribution < 1.29 is 0 Å². The third-order valence-corrected chi connectivity index (χ3v) is 3.72. The molecule has 0 aliphatic heterocycles. The normalized spacial score (nSPS) is 10.6. The van der Waals surface area contributed by atoms with Crippen molar-refractivity contribution in [3.63, 3.8) is 0 Å². The summed E-state index contributed by atoms with van der Waals surface area (Å²) in [7, 11) is 0. The second kappa shape index (κ2) is 8.37. The third-order valence-electron chi connectivity index (χ3n) is 3.26. The van der Waals surface area contributed by atoms with E-state index < -0.39 is 0 Å². The van der Waals surface area contributed by atoms with E-state index in [1.165, 1.54) is 0 Å². The Morgan fingerprint density at radius 2 is 1.16 bits per heavy atom. The fourth-order valence-corrected chi connectivity index (χ4v) is 2.41. The average Bonchev–Trinajstić information content (AvgIpc) is 2.64. The molecule has 0 aromatic heterocycles. The standard InChI is InChI=1S/C19H15ClN4S/c20-14-6-8-15(9-7-14)21-19(25)22-16-10-12-18(13-11-16)24-23-17-4-2-1-3-5-17/h1-13H,(H2,21,22,25). The predicted molar refractivity (Wildman–Crippen MR) is 108 cm³/mol. The topological polar surface area (TPSA) is 48.8 Å². The molecule has 3 rings (SSSR count). The lowest BCUT2D eigenvalue weighted by molar-refractivity contribution is 1.23. The molecular weight excluding hydrogens is 352 g/mol. The Balaban J connectivity index is 1.57. The number of anilines is 2. The summed E-state index contributed by atoms with van der Waals surface area (Å²) in [5.41, 5.74) is 3.32. The molecule has 0 bridgehead atoms. The summed E-state index contributed by atoms with van der Waals surface area (Å²) in [6, 6.07) is 24.5. The quantitative estimate of drug-likeness (QED) is 0.405. The summed E-state index contributed by atoms with van der Waals surface area (Å²) in [5.74, 6) is 0. The van der Waals surface area contributed by atoms with E-state index in [-0.39, 0.29) is 0 Å². The molecule has 25 heavy (non-hydrogen) atoms. The fourth-order valence-electron chi connectivity index (χ4n) is 2.05. The van der Waals surface area contributed by atoms with E-state index >= 15 is 0 Å². The Bertz CT molecular complexity index is 862. The van der Waals surface area contributed by atoms with E-state index in [1.54, 1.807) is 12.1 Å². The molecule has 0 amide bonds. The van der Waals surface area contributed by atoms with Gasteiger partial charge in [0.2, 0.25) is 0 Å². The molecule has 124 valence electrons. The Morgan fingerprint density at radius 1 is 0.680 bits per heavy atom. The number of benzene rings is 3. The van der Waals surface area contributed by atoms with Gasteiger partial charge in [-0.05, 0) is 72.9 Å². The van der Waals surface area contributed by atoms with Gasteiger partial charge < -0.3 is 10.6 Å². The first-order valence-electron chi connectivity index (χ1n) is 7.59. The molecule has 0 aliphatic carbocycles. The van der Waals surface area contributed by atoms with E-state index in [4.69, 9.17) is 23.8 Å². The third kappa shape index (κ3) is 5.38. The fraction of sp³-hybridized carbons (Fsp3) is 0. The summed E-state index contributed by atoms with van der Waals surface area (Å²) < 4.78 is 0.